The van der Waals surface area contributed by atoms with Crippen molar-refractivity contribution in [2.45, 2.75) is 58.5 Å². The zero-order chi connectivity index (χ0) is 13.1. The van der Waals surface area contributed by atoms with E-state index < -0.39 is 0 Å². The molecular formula is C17H26O. The molecule has 2 rings (SSSR count). The summed E-state index contributed by atoms with van der Waals surface area (Å²) in [5.74, 6) is 1.50. The van der Waals surface area contributed by atoms with Gasteiger partial charge in [-0.2, -0.15) is 0 Å². The van der Waals surface area contributed by atoms with Gasteiger partial charge in [0, 0.05) is 0 Å². The third-order valence-corrected chi connectivity index (χ3v) is 4.68. The SMILES string of the molecule is CC(C)C(C)C(O)CC1CCCc2ccccc21. The molecule has 0 amide bonds. The number of aryl methyl sites for hydroxylation is 1. The van der Waals surface area contributed by atoms with Crippen molar-refractivity contribution >= 4 is 0 Å². The maximum atomic E-state index is 10.4. The van der Waals surface area contributed by atoms with E-state index in [2.05, 4.69) is 45.0 Å². The summed E-state index contributed by atoms with van der Waals surface area (Å²) in [6, 6.07) is 8.77. The number of aliphatic hydroxyl groups is 1. The first-order chi connectivity index (χ1) is 8.59. The Hall–Kier alpha value is -0.820. The molecule has 0 heterocycles. The van der Waals surface area contributed by atoms with Crippen LogP contribution in [-0.4, -0.2) is 11.2 Å². The van der Waals surface area contributed by atoms with Crippen molar-refractivity contribution in [2.24, 2.45) is 11.8 Å². The van der Waals surface area contributed by atoms with E-state index >= 15 is 0 Å². The summed E-state index contributed by atoms with van der Waals surface area (Å²) >= 11 is 0. The predicted molar refractivity (Wildman–Crippen MR) is 76.7 cm³/mol. The van der Waals surface area contributed by atoms with E-state index in [9.17, 15) is 5.11 Å². The molecule has 0 fully saturated rings. The Morgan fingerprint density at radius 1 is 1.22 bits per heavy atom. The lowest BCUT2D eigenvalue weighted by Gasteiger charge is -2.30. The van der Waals surface area contributed by atoms with Gasteiger partial charge in [0.05, 0.1) is 6.10 Å². The van der Waals surface area contributed by atoms with Crippen LogP contribution in [0.1, 0.15) is 57.1 Å². The first kappa shape index (κ1) is 13.6. The molecule has 1 aliphatic carbocycles. The van der Waals surface area contributed by atoms with Crippen LogP contribution in [0.5, 0.6) is 0 Å². The average molecular weight is 246 g/mol. The molecule has 0 saturated carbocycles. The lowest BCUT2D eigenvalue weighted by Crippen LogP contribution is -2.25. The molecule has 0 radical (unpaired) electrons. The van der Waals surface area contributed by atoms with Crippen LogP contribution in [0.2, 0.25) is 0 Å². The molecule has 100 valence electrons. The number of hydrogen-bond acceptors (Lipinski definition) is 1. The zero-order valence-electron chi connectivity index (χ0n) is 11.9. The van der Waals surface area contributed by atoms with Gasteiger partial charge in [-0.1, -0.05) is 45.0 Å². The van der Waals surface area contributed by atoms with Crippen molar-refractivity contribution in [1.82, 2.24) is 0 Å². The first-order valence-corrected chi connectivity index (χ1v) is 7.35. The number of fused-ring (bicyclic) bond motifs is 1. The van der Waals surface area contributed by atoms with Gasteiger partial charge in [0.25, 0.3) is 0 Å². The summed E-state index contributed by atoms with van der Waals surface area (Å²) in [6.45, 7) is 6.56. The highest BCUT2D eigenvalue weighted by Crippen LogP contribution is 2.36. The lowest BCUT2D eigenvalue weighted by atomic mass is 9.77. The Morgan fingerprint density at radius 3 is 2.67 bits per heavy atom. The van der Waals surface area contributed by atoms with Gasteiger partial charge in [-0.3, -0.25) is 0 Å². The summed E-state index contributed by atoms with van der Waals surface area (Å²) in [7, 11) is 0. The molecular weight excluding hydrogens is 220 g/mol. The quantitative estimate of drug-likeness (QED) is 0.846. The minimum atomic E-state index is -0.166. The third-order valence-electron chi connectivity index (χ3n) is 4.68. The Kier molecular flexibility index (Phi) is 4.45. The number of aliphatic hydroxyl groups excluding tert-OH is 1. The standard InChI is InChI=1S/C17H26O/c1-12(2)13(3)17(18)11-15-9-6-8-14-7-4-5-10-16(14)15/h4-5,7,10,12-13,15,17-18H,6,8-9,11H2,1-3H3. The van der Waals surface area contributed by atoms with Gasteiger partial charge in [-0.15, -0.1) is 0 Å². The van der Waals surface area contributed by atoms with Crippen molar-refractivity contribution in [3.05, 3.63) is 35.4 Å². The van der Waals surface area contributed by atoms with Crippen LogP contribution < -0.4 is 0 Å². The molecule has 1 N–H and O–H groups in total. The molecule has 1 nitrogen and oxygen atoms in total. The van der Waals surface area contributed by atoms with Crippen LogP contribution in [0.15, 0.2) is 24.3 Å². The summed E-state index contributed by atoms with van der Waals surface area (Å²) in [5.41, 5.74) is 2.98. The van der Waals surface area contributed by atoms with Crippen molar-refractivity contribution < 1.29 is 5.11 Å². The normalized spacial score (nSPS) is 22.6. The Balaban J connectivity index is 2.07. The average Bonchev–Trinajstić information content (AvgIpc) is 2.38. The van der Waals surface area contributed by atoms with Gasteiger partial charge in [0.15, 0.2) is 0 Å². The third kappa shape index (κ3) is 2.95. The van der Waals surface area contributed by atoms with Gasteiger partial charge in [0.1, 0.15) is 0 Å². The molecule has 0 bridgehead atoms. The highest BCUT2D eigenvalue weighted by Gasteiger charge is 2.25. The molecule has 18 heavy (non-hydrogen) atoms. The Bertz CT molecular complexity index is 383. The van der Waals surface area contributed by atoms with Gasteiger partial charge in [0.2, 0.25) is 0 Å². The topological polar surface area (TPSA) is 20.2 Å². The van der Waals surface area contributed by atoms with E-state index in [4.69, 9.17) is 0 Å². The number of hydrogen-bond donors (Lipinski definition) is 1. The number of benzene rings is 1. The van der Waals surface area contributed by atoms with Crippen LogP contribution in [0.3, 0.4) is 0 Å². The highest BCUT2D eigenvalue weighted by molar-refractivity contribution is 5.32. The fourth-order valence-corrected chi connectivity index (χ4v) is 3.05. The molecule has 0 saturated heterocycles. The Morgan fingerprint density at radius 2 is 1.94 bits per heavy atom. The summed E-state index contributed by atoms with van der Waals surface area (Å²) in [6.07, 6.45) is 4.48. The second-order valence-electron chi connectivity index (χ2n) is 6.19. The van der Waals surface area contributed by atoms with E-state index in [1.54, 1.807) is 0 Å². The molecule has 3 atom stereocenters. The summed E-state index contributed by atoms with van der Waals surface area (Å²) in [5, 5.41) is 10.4. The van der Waals surface area contributed by atoms with Crippen LogP contribution in [-0.2, 0) is 6.42 Å². The molecule has 1 aromatic carbocycles. The molecule has 1 aliphatic rings. The summed E-state index contributed by atoms with van der Waals surface area (Å²) in [4.78, 5) is 0. The van der Waals surface area contributed by atoms with Gasteiger partial charge in [-0.05, 0) is 54.6 Å². The van der Waals surface area contributed by atoms with Crippen LogP contribution in [0.25, 0.3) is 0 Å². The van der Waals surface area contributed by atoms with Gasteiger partial charge in [-0.25, -0.2) is 0 Å². The van der Waals surface area contributed by atoms with Crippen molar-refractivity contribution in [3.63, 3.8) is 0 Å². The smallest absolute Gasteiger partial charge is 0.0574 e. The highest BCUT2D eigenvalue weighted by atomic mass is 16.3. The largest absolute Gasteiger partial charge is 0.393 e. The Labute approximate surface area is 111 Å². The van der Waals surface area contributed by atoms with E-state index in [-0.39, 0.29) is 6.10 Å². The second kappa shape index (κ2) is 5.88. The fraction of sp³-hybridized carbons (Fsp3) is 0.647. The predicted octanol–water partition coefficient (Wildman–Crippen LogP) is 4.15. The molecule has 0 aromatic heterocycles. The fourth-order valence-electron chi connectivity index (χ4n) is 3.05. The number of rotatable bonds is 4. The van der Waals surface area contributed by atoms with Gasteiger partial charge >= 0.3 is 0 Å². The maximum Gasteiger partial charge on any atom is 0.0574 e. The van der Waals surface area contributed by atoms with Crippen molar-refractivity contribution in [1.29, 1.82) is 0 Å². The zero-order valence-corrected chi connectivity index (χ0v) is 11.9. The lowest BCUT2D eigenvalue weighted by molar-refractivity contribution is 0.0752. The maximum absolute atomic E-state index is 10.4. The monoisotopic (exact) mass is 246 g/mol. The van der Waals surface area contributed by atoms with Crippen LogP contribution >= 0.6 is 0 Å². The minimum Gasteiger partial charge on any atom is -0.393 e. The van der Waals surface area contributed by atoms with Crippen LogP contribution in [0.4, 0.5) is 0 Å². The second-order valence-corrected chi connectivity index (χ2v) is 6.19. The van der Waals surface area contributed by atoms with Crippen LogP contribution in [0, 0.1) is 11.8 Å². The van der Waals surface area contributed by atoms with E-state index in [1.165, 1.54) is 30.4 Å². The van der Waals surface area contributed by atoms with E-state index in [1.807, 2.05) is 0 Å². The van der Waals surface area contributed by atoms with E-state index in [0.717, 1.165) is 6.42 Å². The first-order valence-electron chi connectivity index (χ1n) is 7.35. The molecule has 0 spiro atoms. The van der Waals surface area contributed by atoms with Crippen molar-refractivity contribution in [3.8, 4) is 0 Å². The molecule has 1 aromatic rings. The minimum absolute atomic E-state index is 0.166. The van der Waals surface area contributed by atoms with E-state index in [0.29, 0.717) is 17.8 Å². The molecule has 3 unspecified atom stereocenters. The van der Waals surface area contributed by atoms with Crippen molar-refractivity contribution in [2.75, 3.05) is 0 Å². The molecule has 1 heteroatoms. The van der Waals surface area contributed by atoms with Gasteiger partial charge < -0.3 is 5.11 Å². The molecule has 0 aliphatic heterocycles. The summed E-state index contributed by atoms with van der Waals surface area (Å²) < 4.78 is 0.